The molecule has 0 heterocycles. The van der Waals surface area contributed by atoms with Crippen LogP contribution in [0.5, 0.6) is 11.5 Å². The van der Waals surface area contributed by atoms with Gasteiger partial charge in [-0.1, -0.05) is 19.1 Å². The molecule has 0 saturated carbocycles. The molecule has 90 valence electrons. The Balaban J connectivity index is 2.94. The van der Waals surface area contributed by atoms with E-state index in [0.29, 0.717) is 12.2 Å². The van der Waals surface area contributed by atoms with Gasteiger partial charge in [-0.05, 0) is 25.0 Å². The van der Waals surface area contributed by atoms with Crippen molar-refractivity contribution in [1.29, 1.82) is 0 Å². The molecule has 0 aromatic heterocycles. The average Bonchev–Trinajstić information content (AvgIpc) is 2.17. The summed E-state index contributed by atoms with van der Waals surface area (Å²) in [5, 5.41) is 0. The molecule has 5 heteroatoms. The van der Waals surface area contributed by atoms with E-state index in [-0.39, 0.29) is 11.5 Å². The normalized spacial score (nSPS) is 11.3. The molecule has 0 unspecified atom stereocenters. The molecule has 1 aromatic carbocycles. The van der Waals surface area contributed by atoms with Crippen LogP contribution in [0.15, 0.2) is 18.2 Å². The summed E-state index contributed by atoms with van der Waals surface area (Å²) in [5.41, 5.74) is 0.394. The SMILES string of the molecule is CCCOc1cccc(C)c1OC(F)(F)F. The molecule has 0 saturated heterocycles. The predicted molar refractivity (Wildman–Crippen MR) is 53.6 cm³/mol. The highest BCUT2D eigenvalue weighted by atomic mass is 19.4. The van der Waals surface area contributed by atoms with Gasteiger partial charge in [0.2, 0.25) is 0 Å². The second-order valence-electron chi connectivity index (χ2n) is 3.30. The molecule has 0 bridgehead atoms. The Labute approximate surface area is 92.0 Å². The van der Waals surface area contributed by atoms with Crippen LogP contribution in [0.25, 0.3) is 0 Å². The molecule has 0 fully saturated rings. The largest absolute Gasteiger partial charge is 0.573 e. The Morgan fingerprint density at radius 3 is 2.50 bits per heavy atom. The molecule has 0 aliphatic carbocycles. The minimum atomic E-state index is -4.70. The molecule has 0 aliphatic rings. The standard InChI is InChI=1S/C11H13F3O2/c1-3-7-15-9-6-4-5-8(2)10(9)16-11(12,13)14/h4-6H,3,7H2,1-2H3. The fraction of sp³-hybridized carbons (Fsp3) is 0.455. The molecule has 2 nitrogen and oxygen atoms in total. The van der Waals surface area contributed by atoms with Gasteiger partial charge in [0.25, 0.3) is 0 Å². The number of rotatable bonds is 4. The maximum Gasteiger partial charge on any atom is 0.573 e. The minimum Gasteiger partial charge on any atom is -0.490 e. The summed E-state index contributed by atoms with van der Waals surface area (Å²) in [5.74, 6) is -0.136. The number of hydrogen-bond donors (Lipinski definition) is 0. The number of halogens is 3. The fourth-order valence-corrected chi connectivity index (χ4v) is 1.20. The highest BCUT2D eigenvalue weighted by Crippen LogP contribution is 2.35. The van der Waals surface area contributed by atoms with Crippen molar-refractivity contribution in [2.24, 2.45) is 0 Å². The fourth-order valence-electron chi connectivity index (χ4n) is 1.20. The van der Waals surface area contributed by atoms with Gasteiger partial charge in [-0.2, -0.15) is 0 Å². The van der Waals surface area contributed by atoms with Crippen molar-refractivity contribution in [2.45, 2.75) is 26.6 Å². The third kappa shape index (κ3) is 3.64. The van der Waals surface area contributed by atoms with Crippen molar-refractivity contribution in [1.82, 2.24) is 0 Å². The zero-order valence-corrected chi connectivity index (χ0v) is 9.10. The maximum atomic E-state index is 12.1. The first-order chi connectivity index (χ1) is 7.44. The zero-order valence-electron chi connectivity index (χ0n) is 9.10. The van der Waals surface area contributed by atoms with Gasteiger partial charge in [0, 0.05) is 0 Å². The van der Waals surface area contributed by atoms with Crippen molar-refractivity contribution in [2.75, 3.05) is 6.61 Å². The molecule has 0 spiro atoms. The topological polar surface area (TPSA) is 18.5 Å². The maximum absolute atomic E-state index is 12.1. The third-order valence-corrected chi connectivity index (χ3v) is 1.86. The lowest BCUT2D eigenvalue weighted by atomic mass is 10.2. The van der Waals surface area contributed by atoms with E-state index in [1.54, 1.807) is 19.1 Å². The van der Waals surface area contributed by atoms with Crippen LogP contribution in [0.3, 0.4) is 0 Å². The Morgan fingerprint density at radius 2 is 1.94 bits per heavy atom. The van der Waals surface area contributed by atoms with Crippen LogP contribution in [0.2, 0.25) is 0 Å². The molecule has 0 amide bonds. The number of para-hydroxylation sites is 1. The average molecular weight is 234 g/mol. The van der Waals surface area contributed by atoms with Gasteiger partial charge in [0.05, 0.1) is 6.61 Å². The van der Waals surface area contributed by atoms with Crippen LogP contribution in [0.4, 0.5) is 13.2 Å². The van der Waals surface area contributed by atoms with Crippen LogP contribution in [-0.4, -0.2) is 13.0 Å². The minimum absolute atomic E-state index is 0.124. The van der Waals surface area contributed by atoms with Crippen LogP contribution < -0.4 is 9.47 Å². The molecule has 1 aromatic rings. The number of alkyl halides is 3. The molecular weight excluding hydrogens is 221 g/mol. The predicted octanol–water partition coefficient (Wildman–Crippen LogP) is 3.68. The number of aryl methyl sites for hydroxylation is 1. The van der Waals surface area contributed by atoms with E-state index in [0.717, 1.165) is 6.42 Å². The highest BCUT2D eigenvalue weighted by molar-refractivity contribution is 5.46. The van der Waals surface area contributed by atoms with Gasteiger partial charge in [-0.25, -0.2) is 0 Å². The first-order valence-electron chi connectivity index (χ1n) is 4.92. The Kier molecular flexibility index (Phi) is 4.04. The van der Waals surface area contributed by atoms with E-state index >= 15 is 0 Å². The molecule has 0 atom stereocenters. The monoisotopic (exact) mass is 234 g/mol. The van der Waals surface area contributed by atoms with E-state index in [1.165, 1.54) is 6.07 Å². The summed E-state index contributed by atoms with van der Waals surface area (Å²) in [6.45, 7) is 3.78. The van der Waals surface area contributed by atoms with Gasteiger partial charge in [-0.3, -0.25) is 0 Å². The van der Waals surface area contributed by atoms with E-state index in [4.69, 9.17) is 4.74 Å². The third-order valence-electron chi connectivity index (χ3n) is 1.86. The molecule has 1 rings (SSSR count). The van der Waals surface area contributed by atoms with Crippen LogP contribution in [0.1, 0.15) is 18.9 Å². The summed E-state index contributed by atoms with van der Waals surface area (Å²) >= 11 is 0. The Hall–Kier alpha value is -1.39. The molecule has 0 aliphatic heterocycles. The van der Waals surface area contributed by atoms with Crippen LogP contribution >= 0.6 is 0 Å². The van der Waals surface area contributed by atoms with Crippen molar-refractivity contribution < 1.29 is 22.6 Å². The van der Waals surface area contributed by atoms with E-state index in [2.05, 4.69) is 4.74 Å². The van der Waals surface area contributed by atoms with Gasteiger partial charge in [0.15, 0.2) is 11.5 Å². The van der Waals surface area contributed by atoms with Gasteiger partial charge in [0.1, 0.15) is 0 Å². The Bertz CT molecular complexity index is 348. The summed E-state index contributed by atoms with van der Waals surface area (Å²) in [6.07, 6.45) is -3.98. The van der Waals surface area contributed by atoms with Gasteiger partial charge >= 0.3 is 6.36 Å². The van der Waals surface area contributed by atoms with Crippen molar-refractivity contribution in [3.05, 3.63) is 23.8 Å². The molecule has 0 N–H and O–H groups in total. The lowest BCUT2D eigenvalue weighted by Crippen LogP contribution is -2.18. The highest BCUT2D eigenvalue weighted by Gasteiger charge is 2.33. The summed E-state index contributed by atoms with van der Waals surface area (Å²) in [6, 6.07) is 4.63. The Morgan fingerprint density at radius 1 is 1.25 bits per heavy atom. The number of benzene rings is 1. The lowest BCUT2D eigenvalue weighted by molar-refractivity contribution is -0.275. The van der Waals surface area contributed by atoms with Crippen molar-refractivity contribution in [3.8, 4) is 11.5 Å². The van der Waals surface area contributed by atoms with Crippen LogP contribution in [0, 0.1) is 6.92 Å². The number of ether oxygens (including phenoxy) is 2. The van der Waals surface area contributed by atoms with Gasteiger partial charge in [-0.15, -0.1) is 13.2 Å². The first-order valence-corrected chi connectivity index (χ1v) is 4.92. The second-order valence-corrected chi connectivity index (χ2v) is 3.30. The summed E-state index contributed by atoms with van der Waals surface area (Å²) in [4.78, 5) is 0. The summed E-state index contributed by atoms with van der Waals surface area (Å²) in [7, 11) is 0. The lowest BCUT2D eigenvalue weighted by Gasteiger charge is -2.15. The van der Waals surface area contributed by atoms with Crippen LogP contribution in [-0.2, 0) is 0 Å². The smallest absolute Gasteiger partial charge is 0.490 e. The van der Waals surface area contributed by atoms with E-state index in [1.807, 2.05) is 6.92 Å². The van der Waals surface area contributed by atoms with Gasteiger partial charge < -0.3 is 9.47 Å². The van der Waals surface area contributed by atoms with Crippen molar-refractivity contribution in [3.63, 3.8) is 0 Å². The first kappa shape index (κ1) is 12.7. The summed E-state index contributed by atoms with van der Waals surface area (Å²) < 4.78 is 45.6. The van der Waals surface area contributed by atoms with E-state index < -0.39 is 6.36 Å². The molecule has 0 radical (unpaired) electrons. The zero-order chi connectivity index (χ0) is 12.2. The van der Waals surface area contributed by atoms with E-state index in [9.17, 15) is 13.2 Å². The molecular formula is C11H13F3O2. The quantitative estimate of drug-likeness (QED) is 0.791. The van der Waals surface area contributed by atoms with Crippen molar-refractivity contribution >= 4 is 0 Å². The second kappa shape index (κ2) is 5.09. The molecule has 16 heavy (non-hydrogen) atoms. The number of hydrogen-bond acceptors (Lipinski definition) is 2.